The summed E-state index contributed by atoms with van der Waals surface area (Å²) in [6.07, 6.45) is 0.792. The lowest BCUT2D eigenvalue weighted by molar-refractivity contribution is -0.148. The maximum Gasteiger partial charge on any atom is 0.329 e. The number of hydrogen-bond donors (Lipinski definition) is 1. The van der Waals surface area contributed by atoms with Crippen molar-refractivity contribution in [2.75, 3.05) is 0 Å². The van der Waals surface area contributed by atoms with Crippen LogP contribution >= 0.6 is 0 Å². The molecule has 5 heteroatoms. The van der Waals surface area contributed by atoms with Crippen molar-refractivity contribution < 1.29 is 19.5 Å². The zero-order valence-corrected chi connectivity index (χ0v) is 12.7. The van der Waals surface area contributed by atoms with Gasteiger partial charge >= 0.3 is 5.97 Å². The highest BCUT2D eigenvalue weighted by molar-refractivity contribution is 6.24. The van der Waals surface area contributed by atoms with Gasteiger partial charge in [0.1, 0.15) is 5.54 Å². The molecule has 0 fully saturated rings. The summed E-state index contributed by atoms with van der Waals surface area (Å²) in [5.41, 5.74) is 0.550. The molecule has 21 heavy (non-hydrogen) atoms. The van der Waals surface area contributed by atoms with Gasteiger partial charge in [0.05, 0.1) is 11.1 Å². The summed E-state index contributed by atoms with van der Waals surface area (Å²) in [6.45, 7) is 6.77. The second kappa shape index (κ2) is 4.98. The van der Waals surface area contributed by atoms with Gasteiger partial charge in [-0.1, -0.05) is 25.5 Å². The Hall–Kier alpha value is -2.17. The Balaban J connectivity index is 2.63. The first-order valence-electron chi connectivity index (χ1n) is 6.98. The number of carboxylic acid groups (broad SMARTS) is 1. The smallest absolute Gasteiger partial charge is 0.329 e. The molecule has 1 aliphatic rings. The van der Waals surface area contributed by atoms with Crippen LogP contribution in [-0.4, -0.2) is 33.3 Å². The van der Waals surface area contributed by atoms with Crippen LogP contribution in [0.4, 0.5) is 0 Å². The van der Waals surface area contributed by atoms with Gasteiger partial charge in [0.2, 0.25) is 0 Å². The number of carboxylic acids is 1. The first kappa shape index (κ1) is 15.2. The van der Waals surface area contributed by atoms with Crippen LogP contribution in [0.3, 0.4) is 0 Å². The van der Waals surface area contributed by atoms with Gasteiger partial charge in [-0.2, -0.15) is 0 Å². The minimum absolute atomic E-state index is 0.228. The van der Waals surface area contributed by atoms with E-state index in [1.54, 1.807) is 26.0 Å². The fourth-order valence-electron chi connectivity index (χ4n) is 2.93. The first-order valence-corrected chi connectivity index (χ1v) is 6.98. The number of rotatable bonds is 4. The molecule has 1 aromatic rings. The van der Waals surface area contributed by atoms with Gasteiger partial charge in [-0.3, -0.25) is 14.5 Å². The summed E-state index contributed by atoms with van der Waals surface area (Å²) >= 11 is 0. The van der Waals surface area contributed by atoms with E-state index < -0.39 is 23.3 Å². The number of amides is 2. The monoisotopic (exact) mass is 289 g/mol. The number of imide groups is 1. The highest BCUT2D eigenvalue weighted by atomic mass is 16.4. The molecule has 112 valence electrons. The Morgan fingerprint density at radius 3 is 1.90 bits per heavy atom. The SMILES string of the molecule is CCCC(C)(C(=O)O)N1C(=O)c2c(C)ccc(C)c2C1=O. The van der Waals surface area contributed by atoms with Gasteiger partial charge in [0, 0.05) is 0 Å². The highest BCUT2D eigenvalue weighted by Gasteiger charge is 2.51. The number of aryl methyl sites for hydroxylation is 2. The number of carbonyl (C=O) groups excluding carboxylic acids is 2. The molecule has 0 aromatic heterocycles. The van der Waals surface area contributed by atoms with Crippen molar-refractivity contribution in [2.24, 2.45) is 0 Å². The number of fused-ring (bicyclic) bond motifs is 1. The molecule has 1 atom stereocenters. The molecular formula is C16H19NO4. The van der Waals surface area contributed by atoms with E-state index in [1.165, 1.54) is 6.92 Å². The summed E-state index contributed by atoms with van der Waals surface area (Å²) in [5.74, 6) is -2.17. The Kier molecular flexibility index (Phi) is 3.61. The van der Waals surface area contributed by atoms with Crippen LogP contribution in [0, 0.1) is 13.8 Å². The predicted octanol–water partition coefficient (Wildman–Crippen LogP) is 2.54. The van der Waals surface area contributed by atoms with Crippen molar-refractivity contribution in [1.29, 1.82) is 0 Å². The normalized spacial score (nSPS) is 16.9. The maximum atomic E-state index is 12.6. The summed E-state index contributed by atoms with van der Waals surface area (Å²) in [5, 5.41) is 9.53. The van der Waals surface area contributed by atoms with Crippen molar-refractivity contribution in [3.63, 3.8) is 0 Å². The fourth-order valence-corrected chi connectivity index (χ4v) is 2.93. The van der Waals surface area contributed by atoms with Crippen molar-refractivity contribution in [1.82, 2.24) is 4.90 Å². The third-order valence-electron chi connectivity index (χ3n) is 4.15. The van der Waals surface area contributed by atoms with Gasteiger partial charge in [-0.25, -0.2) is 4.79 Å². The number of carbonyl (C=O) groups is 3. The molecule has 2 rings (SSSR count). The zero-order valence-electron chi connectivity index (χ0n) is 12.7. The first-order chi connectivity index (χ1) is 9.75. The number of benzene rings is 1. The lowest BCUT2D eigenvalue weighted by Gasteiger charge is -2.33. The molecule has 0 spiro atoms. The van der Waals surface area contributed by atoms with Crippen LogP contribution < -0.4 is 0 Å². The largest absolute Gasteiger partial charge is 0.479 e. The second-order valence-electron chi connectivity index (χ2n) is 5.72. The van der Waals surface area contributed by atoms with Crippen molar-refractivity contribution in [3.8, 4) is 0 Å². The average Bonchev–Trinajstić information content (AvgIpc) is 2.67. The van der Waals surface area contributed by atoms with E-state index in [4.69, 9.17) is 0 Å². The molecule has 0 saturated carbocycles. The third-order valence-corrected chi connectivity index (χ3v) is 4.15. The quantitative estimate of drug-likeness (QED) is 0.864. The molecule has 2 amide bonds. The molecule has 0 bridgehead atoms. The van der Waals surface area contributed by atoms with E-state index >= 15 is 0 Å². The van der Waals surface area contributed by atoms with Gasteiger partial charge in [-0.15, -0.1) is 0 Å². The fraction of sp³-hybridized carbons (Fsp3) is 0.438. The molecule has 1 aromatic carbocycles. The van der Waals surface area contributed by atoms with Gasteiger partial charge in [0.25, 0.3) is 11.8 Å². The zero-order chi connectivity index (χ0) is 15.9. The predicted molar refractivity (Wildman–Crippen MR) is 77.4 cm³/mol. The topological polar surface area (TPSA) is 74.7 Å². The molecule has 1 unspecified atom stereocenters. The van der Waals surface area contributed by atoms with Crippen molar-refractivity contribution in [2.45, 2.75) is 46.1 Å². The van der Waals surface area contributed by atoms with E-state index in [9.17, 15) is 19.5 Å². The minimum Gasteiger partial charge on any atom is -0.479 e. The van der Waals surface area contributed by atoms with Crippen LogP contribution in [0.15, 0.2) is 12.1 Å². The van der Waals surface area contributed by atoms with Gasteiger partial charge in [-0.05, 0) is 38.3 Å². The average molecular weight is 289 g/mol. The van der Waals surface area contributed by atoms with Crippen molar-refractivity contribution >= 4 is 17.8 Å². The molecule has 0 radical (unpaired) electrons. The second-order valence-corrected chi connectivity index (χ2v) is 5.72. The summed E-state index contributed by atoms with van der Waals surface area (Å²) in [6, 6.07) is 3.56. The maximum absolute atomic E-state index is 12.6. The standard InChI is InChI=1S/C16H19NO4/c1-5-8-16(4,15(20)21)17-13(18)11-9(2)6-7-10(3)12(11)14(17)19/h6-7H,5,8H2,1-4H3,(H,20,21). The molecule has 5 nitrogen and oxygen atoms in total. The van der Waals surface area contributed by atoms with Crippen LogP contribution in [0.2, 0.25) is 0 Å². The van der Waals surface area contributed by atoms with Gasteiger partial charge < -0.3 is 5.11 Å². The molecular weight excluding hydrogens is 270 g/mol. The molecule has 0 aliphatic carbocycles. The Labute approximate surface area is 123 Å². The molecule has 1 heterocycles. The van der Waals surface area contributed by atoms with Crippen LogP contribution in [0.5, 0.6) is 0 Å². The van der Waals surface area contributed by atoms with Crippen LogP contribution in [-0.2, 0) is 4.79 Å². The highest BCUT2D eigenvalue weighted by Crippen LogP contribution is 2.35. The number of nitrogens with zero attached hydrogens (tertiary/aromatic N) is 1. The molecule has 1 aliphatic heterocycles. The lowest BCUT2D eigenvalue weighted by atomic mass is 9.94. The summed E-state index contributed by atoms with van der Waals surface area (Å²) < 4.78 is 0. The van der Waals surface area contributed by atoms with E-state index in [-0.39, 0.29) is 6.42 Å². The number of aliphatic carboxylic acids is 1. The van der Waals surface area contributed by atoms with Gasteiger partial charge in [0.15, 0.2) is 0 Å². The summed E-state index contributed by atoms with van der Waals surface area (Å²) in [4.78, 5) is 37.9. The molecule has 1 N–H and O–H groups in total. The molecule has 0 saturated heterocycles. The van der Waals surface area contributed by atoms with E-state index in [0.717, 1.165) is 4.90 Å². The Morgan fingerprint density at radius 1 is 1.14 bits per heavy atom. The Morgan fingerprint density at radius 2 is 1.57 bits per heavy atom. The van der Waals surface area contributed by atoms with Crippen LogP contribution in [0.1, 0.15) is 58.5 Å². The minimum atomic E-state index is -1.51. The van der Waals surface area contributed by atoms with E-state index in [2.05, 4.69) is 0 Å². The van der Waals surface area contributed by atoms with E-state index in [0.29, 0.717) is 28.7 Å². The van der Waals surface area contributed by atoms with Crippen molar-refractivity contribution in [3.05, 3.63) is 34.4 Å². The number of hydrogen-bond acceptors (Lipinski definition) is 3. The summed E-state index contributed by atoms with van der Waals surface area (Å²) in [7, 11) is 0. The third kappa shape index (κ3) is 2.04. The Bertz CT molecular complexity index is 609. The lowest BCUT2D eigenvalue weighted by Crippen LogP contribution is -2.55. The van der Waals surface area contributed by atoms with Crippen LogP contribution in [0.25, 0.3) is 0 Å². The van der Waals surface area contributed by atoms with E-state index in [1.807, 2.05) is 6.92 Å².